The van der Waals surface area contributed by atoms with E-state index in [0.29, 0.717) is 0 Å². The largest absolute Gasteiger partial charge is 0.480 e. The molecule has 0 aliphatic rings. The number of carbonyl (C=O) groups excluding carboxylic acids is 3. The van der Waals surface area contributed by atoms with Crippen molar-refractivity contribution in [2.75, 3.05) is 6.54 Å². The zero-order chi connectivity index (χ0) is 25.4. The first-order valence-corrected chi connectivity index (χ1v) is 11.4. The van der Waals surface area contributed by atoms with Gasteiger partial charge in [0.2, 0.25) is 17.7 Å². The molecule has 186 valence electrons. The number of H-pyrrole nitrogens is 1. The van der Waals surface area contributed by atoms with Crippen LogP contribution in [0.15, 0.2) is 30.5 Å². The van der Waals surface area contributed by atoms with Crippen LogP contribution in [0, 0.1) is 11.8 Å². The Morgan fingerprint density at radius 2 is 1.62 bits per heavy atom. The predicted octanol–water partition coefficient (Wildman–Crippen LogP) is 0.910. The summed E-state index contributed by atoms with van der Waals surface area (Å²) >= 11 is 0. The summed E-state index contributed by atoms with van der Waals surface area (Å²) in [5.41, 5.74) is 7.04. The minimum atomic E-state index is -1.14. The van der Waals surface area contributed by atoms with Gasteiger partial charge in [-0.2, -0.15) is 0 Å². The van der Waals surface area contributed by atoms with Crippen LogP contribution >= 0.6 is 0 Å². The van der Waals surface area contributed by atoms with Gasteiger partial charge in [-0.15, -0.1) is 0 Å². The number of nitrogens with one attached hydrogen (secondary N) is 4. The van der Waals surface area contributed by atoms with Crippen molar-refractivity contribution in [3.8, 4) is 0 Å². The molecule has 1 heterocycles. The van der Waals surface area contributed by atoms with Crippen LogP contribution in [0.4, 0.5) is 0 Å². The van der Waals surface area contributed by atoms with Gasteiger partial charge in [0.15, 0.2) is 0 Å². The maximum atomic E-state index is 13.2. The van der Waals surface area contributed by atoms with E-state index < -0.39 is 41.8 Å². The van der Waals surface area contributed by atoms with E-state index in [0.717, 1.165) is 16.5 Å². The highest BCUT2D eigenvalue weighted by atomic mass is 16.4. The van der Waals surface area contributed by atoms with E-state index in [1.807, 2.05) is 38.1 Å². The highest BCUT2D eigenvalue weighted by molar-refractivity contribution is 5.94. The number of carbonyl (C=O) groups is 4. The number of aliphatic carboxylic acids is 1. The number of carboxylic acids is 1. The standard InChI is InChI=1S/C24H35N5O5/c1-13(2)9-19(24(33)34)28-22(31)18(10-15-12-26-17-8-6-5-7-16(15)17)27-23(32)21(14(3)4)29-20(30)11-25/h5-8,12-14,18-19,21,26H,9-11,25H2,1-4H3,(H,27,32)(H,28,31)(H,29,30)(H,33,34). The van der Waals surface area contributed by atoms with Gasteiger partial charge >= 0.3 is 5.97 Å². The van der Waals surface area contributed by atoms with E-state index in [1.165, 1.54) is 0 Å². The van der Waals surface area contributed by atoms with Crippen LogP contribution < -0.4 is 21.7 Å². The molecule has 3 unspecified atom stereocenters. The smallest absolute Gasteiger partial charge is 0.326 e. The maximum absolute atomic E-state index is 13.2. The van der Waals surface area contributed by atoms with Gasteiger partial charge in [-0.25, -0.2) is 4.79 Å². The number of para-hydroxylation sites is 1. The highest BCUT2D eigenvalue weighted by Crippen LogP contribution is 2.19. The lowest BCUT2D eigenvalue weighted by atomic mass is 9.99. The summed E-state index contributed by atoms with van der Waals surface area (Å²) in [4.78, 5) is 52.9. The molecule has 0 aliphatic heterocycles. The van der Waals surface area contributed by atoms with E-state index in [4.69, 9.17) is 5.73 Å². The molecule has 0 aliphatic carbocycles. The molecule has 1 aromatic carbocycles. The van der Waals surface area contributed by atoms with Crippen molar-refractivity contribution in [1.29, 1.82) is 0 Å². The summed E-state index contributed by atoms with van der Waals surface area (Å²) in [6, 6.07) is 4.49. The number of aromatic nitrogens is 1. The van der Waals surface area contributed by atoms with Crippen molar-refractivity contribution in [2.24, 2.45) is 17.6 Å². The van der Waals surface area contributed by atoms with Crippen LogP contribution in [0.2, 0.25) is 0 Å². The van der Waals surface area contributed by atoms with Gasteiger partial charge < -0.3 is 31.8 Å². The molecule has 3 atom stereocenters. The third-order valence-corrected chi connectivity index (χ3v) is 5.50. The van der Waals surface area contributed by atoms with E-state index in [9.17, 15) is 24.3 Å². The van der Waals surface area contributed by atoms with Gasteiger partial charge in [-0.05, 0) is 29.9 Å². The second-order valence-electron chi connectivity index (χ2n) is 9.15. The Balaban J connectivity index is 2.31. The lowest BCUT2D eigenvalue weighted by Crippen LogP contribution is -2.58. The lowest BCUT2D eigenvalue weighted by Gasteiger charge is -2.26. The summed E-state index contributed by atoms with van der Waals surface area (Å²) in [5.74, 6) is -3.02. The topological polar surface area (TPSA) is 166 Å². The van der Waals surface area contributed by atoms with Crippen LogP contribution in [0.25, 0.3) is 10.9 Å². The number of carboxylic acid groups (broad SMARTS) is 1. The molecule has 10 heteroatoms. The molecule has 0 saturated heterocycles. The molecule has 34 heavy (non-hydrogen) atoms. The fraction of sp³-hybridized carbons (Fsp3) is 0.500. The lowest BCUT2D eigenvalue weighted by molar-refractivity contribution is -0.142. The first-order chi connectivity index (χ1) is 16.0. The van der Waals surface area contributed by atoms with Crippen LogP contribution in [0.5, 0.6) is 0 Å². The first-order valence-electron chi connectivity index (χ1n) is 11.4. The van der Waals surface area contributed by atoms with Gasteiger partial charge in [0, 0.05) is 23.5 Å². The van der Waals surface area contributed by atoms with E-state index >= 15 is 0 Å². The third-order valence-electron chi connectivity index (χ3n) is 5.50. The van der Waals surface area contributed by atoms with Gasteiger partial charge in [-0.3, -0.25) is 14.4 Å². The summed E-state index contributed by atoms with van der Waals surface area (Å²) in [6.07, 6.45) is 2.14. The molecule has 7 N–H and O–H groups in total. The fourth-order valence-corrected chi connectivity index (χ4v) is 3.72. The number of amides is 3. The summed E-state index contributed by atoms with van der Waals surface area (Å²) in [6.45, 7) is 6.98. The fourth-order valence-electron chi connectivity index (χ4n) is 3.72. The molecule has 0 radical (unpaired) electrons. The Bertz CT molecular complexity index is 1020. The average molecular weight is 474 g/mol. The van der Waals surface area contributed by atoms with Crippen molar-refractivity contribution >= 4 is 34.6 Å². The Morgan fingerprint density at radius 1 is 0.971 bits per heavy atom. The molecule has 0 fully saturated rings. The monoisotopic (exact) mass is 473 g/mol. The summed E-state index contributed by atoms with van der Waals surface area (Å²) < 4.78 is 0. The second kappa shape index (κ2) is 12.2. The SMILES string of the molecule is CC(C)CC(NC(=O)C(Cc1c[nH]c2ccccc12)NC(=O)C(NC(=O)CN)C(C)C)C(=O)O. The quantitative estimate of drug-likeness (QED) is 0.268. The van der Waals surface area contributed by atoms with E-state index in [-0.39, 0.29) is 31.2 Å². The Kier molecular flexibility index (Phi) is 9.61. The molecule has 0 bridgehead atoms. The molecule has 1 aromatic heterocycles. The minimum Gasteiger partial charge on any atom is -0.480 e. The molecule has 2 rings (SSSR count). The summed E-state index contributed by atoms with van der Waals surface area (Å²) in [7, 11) is 0. The zero-order valence-electron chi connectivity index (χ0n) is 20.1. The normalized spacial score (nSPS) is 14.0. The van der Waals surface area contributed by atoms with Crippen LogP contribution in [0.3, 0.4) is 0 Å². The molecular formula is C24H35N5O5. The molecule has 0 spiro atoms. The van der Waals surface area contributed by atoms with Gasteiger partial charge in [0.05, 0.1) is 6.54 Å². The predicted molar refractivity (Wildman–Crippen MR) is 129 cm³/mol. The molecule has 10 nitrogen and oxygen atoms in total. The number of fused-ring (bicyclic) bond motifs is 1. The number of benzene rings is 1. The van der Waals surface area contributed by atoms with E-state index in [2.05, 4.69) is 20.9 Å². The summed E-state index contributed by atoms with van der Waals surface area (Å²) in [5, 5.41) is 18.3. The first kappa shape index (κ1) is 26.8. The minimum absolute atomic E-state index is 0.0415. The molecule has 2 aromatic rings. The second-order valence-corrected chi connectivity index (χ2v) is 9.15. The van der Waals surface area contributed by atoms with Crippen molar-refractivity contribution < 1.29 is 24.3 Å². The Hall–Kier alpha value is -3.40. The van der Waals surface area contributed by atoms with Crippen molar-refractivity contribution in [1.82, 2.24) is 20.9 Å². The molecule has 3 amide bonds. The number of hydrogen-bond donors (Lipinski definition) is 6. The van der Waals surface area contributed by atoms with Gasteiger partial charge in [0.25, 0.3) is 0 Å². The van der Waals surface area contributed by atoms with E-state index in [1.54, 1.807) is 20.0 Å². The zero-order valence-corrected chi connectivity index (χ0v) is 20.1. The number of rotatable bonds is 12. The number of hydrogen-bond acceptors (Lipinski definition) is 5. The highest BCUT2D eigenvalue weighted by Gasteiger charge is 2.31. The van der Waals surface area contributed by atoms with Crippen LogP contribution in [0.1, 0.15) is 39.7 Å². The van der Waals surface area contributed by atoms with Crippen LogP contribution in [-0.2, 0) is 25.6 Å². The van der Waals surface area contributed by atoms with Gasteiger partial charge in [-0.1, -0.05) is 45.9 Å². The average Bonchev–Trinajstić information content (AvgIpc) is 3.18. The Morgan fingerprint density at radius 3 is 2.21 bits per heavy atom. The maximum Gasteiger partial charge on any atom is 0.326 e. The Labute approximate surface area is 199 Å². The molecular weight excluding hydrogens is 438 g/mol. The molecule has 0 saturated carbocycles. The van der Waals surface area contributed by atoms with Crippen LogP contribution in [-0.4, -0.2) is 58.5 Å². The van der Waals surface area contributed by atoms with Gasteiger partial charge in [0.1, 0.15) is 18.1 Å². The number of aromatic amines is 1. The third kappa shape index (κ3) is 7.31. The van der Waals surface area contributed by atoms with Crippen molar-refractivity contribution in [3.63, 3.8) is 0 Å². The van der Waals surface area contributed by atoms with Crippen molar-refractivity contribution in [2.45, 2.75) is 58.7 Å². The number of nitrogens with two attached hydrogens (primary N) is 1. The van der Waals surface area contributed by atoms with Crippen molar-refractivity contribution in [3.05, 3.63) is 36.0 Å².